The average Bonchev–Trinajstić information content (AvgIpc) is 2.39. The first-order valence-corrected chi connectivity index (χ1v) is 6.40. The topological polar surface area (TPSA) is 0 Å². The van der Waals surface area contributed by atoms with E-state index in [4.69, 9.17) is 0 Å². The van der Waals surface area contributed by atoms with Crippen LogP contribution in [0.2, 0.25) is 0 Å². The molecular formula is C16H14S. The van der Waals surface area contributed by atoms with Gasteiger partial charge in [-0.05, 0) is 34.1 Å². The molecule has 0 aromatic heterocycles. The minimum absolute atomic E-state index is 0.366. The lowest BCUT2D eigenvalue weighted by Gasteiger charge is -2.08. The third-order valence-corrected chi connectivity index (χ3v) is 3.51. The maximum Gasteiger partial charge on any atom is 0.0240 e. The molecular weight excluding hydrogens is 224 g/mol. The molecule has 1 heteroatoms. The molecule has 0 nitrogen and oxygen atoms in total. The molecule has 0 fully saturated rings. The van der Waals surface area contributed by atoms with Crippen LogP contribution in [-0.2, 0) is 0 Å². The quantitative estimate of drug-likeness (QED) is 0.725. The molecule has 0 N–H and O–H groups in total. The molecule has 17 heavy (non-hydrogen) atoms. The average molecular weight is 238 g/mol. The van der Waals surface area contributed by atoms with E-state index in [1.807, 2.05) is 6.07 Å². The molecule has 1 unspecified atom stereocenters. The van der Waals surface area contributed by atoms with Crippen LogP contribution in [0, 0.1) is 0 Å². The van der Waals surface area contributed by atoms with Gasteiger partial charge in [-0.3, -0.25) is 0 Å². The van der Waals surface area contributed by atoms with Crippen molar-refractivity contribution in [2.45, 2.75) is 11.7 Å². The van der Waals surface area contributed by atoms with E-state index in [2.05, 4.69) is 67.2 Å². The van der Waals surface area contributed by atoms with E-state index in [-0.39, 0.29) is 0 Å². The molecule has 0 bridgehead atoms. The molecule has 3 rings (SSSR count). The summed E-state index contributed by atoms with van der Waals surface area (Å²) in [6.07, 6.45) is 5.53. The van der Waals surface area contributed by atoms with Crippen molar-refractivity contribution in [1.82, 2.24) is 0 Å². The molecule has 0 radical (unpaired) electrons. The Kier molecular flexibility index (Phi) is 2.77. The van der Waals surface area contributed by atoms with Crippen LogP contribution >= 0.6 is 12.6 Å². The molecule has 2 aromatic carbocycles. The summed E-state index contributed by atoms with van der Waals surface area (Å²) in [4.78, 5) is 0. The monoisotopic (exact) mass is 238 g/mol. The number of thiol groups is 1. The number of hydrogen-bond acceptors (Lipinski definition) is 1. The molecule has 0 saturated carbocycles. The van der Waals surface area contributed by atoms with Gasteiger partial charge in [0.2, 0.25) is 0 Å². The van der Waals surface area contributed by atoms with Crippen molar-refractivity contribution in [3.63, 3.8) is 0 Å². The van der Waals surface area contributed by atoms with Crippen molar-refractivity contribution in [1.29, 1.82) is 0 Å². The summed E-state index contributed by atoms with van der Waals surface area (Å²) in [5, 5.41) is 3.00. The number of benzene rings is 2. The Morgan fingerprint density at radius 1 is 0.882 bits per heavy atom. The summed E-state index contributed by atoms with van der Waals surface area (Å²) in [5.41, 5.74) is 2.56. The summed E-state index contributed by atoms with van der Waals surface area (Å²) in [6, 6.07) is 17.1. The van der Waals surface area contributed by atoms with Crippen molar-refractivity contribution in [3.8, 4) is 11.1 Å². The number of fused-ring (bicyclic) bond motifs is 1. The van der Waals surface area contributed by atoms with Crippen molar-refractivity contribution in [2.24, 2.45) is 0 Å². The van der Waals surface area contributed by atoms with E-state index >= 15 is 0 Å². The molecule has 1 atom stereocenters. The third kappa shape index (κ3) is 2.16. The number of rotatable bonds is 1. The Labute approximate surface area is 107 Å². The Bertz CT molecular complexity index is 641. The highest BCUT2D eigenvalue weighted by molar-refractivity contribution is 7.81. The van der Waals surface area contributed by atoms with Gasteiger partial charge in [-0.25, -0.2) is 0 Å². The summed E-state index contributed by atoms with van der Waals surface area (Å²) < 4.78 is 0. The fraction of sp³-hybridized carbons (Fsp3) is 0.125. The first-order valence-electron chi connectivity index (χ1n) is 5.88. The molecule has 84 valence electrons. The molecule has 0 saturated heterocycles. The number of hydrogen-bond donors (Lipinski definition) is 1. The summed E-state index contributed by atoms with van der Waals surface area (Å²) >= 11 is 4.50. The lowest BCUT2D eigenvalue weighted by molar-refractivity contribution is 1.14. The van der Waals surface area contributed by atoms with Crippen molar-refractivity contribution in [3.05, 3.63) is 59.0 Å². The zero-order valence-corrected chi connectivity index (χ0v) is 10.4. The van der Waals surface area contributed by atoms with Crippen LogP contribution in [0.3, 0.4) is 0 Å². The molecule has 2 aromatic rings. The molecule has 0 amide bonds. The van der Waals surface area contributed by atoms with Crippen molar-refractivity contribution >= 4 is 24.8 Å². The van der Waals surface area contributed by atoms with Gasteiger partial charge < -0.3 is 0 Å². The highest BCUT2D eigenvalue weighted by Crippen LogP contribution is 2.16. The second-order valence-electron chi connectivity index (χ2n) is 4.38. The molecule has 1 aliphatic carbocycles. The highest BCUT2D eigenvalue weighted by atomic mass is 32.1. The lowest BCUT2D eigenvalue weighted by atomic mass is 10.0. The smallest absolute Gasteiger partial charge is 0.0240 e. The Balaban J connectivity index is 2.15. The van der Waals surface area contributed by atoms with E-state index in [9.17, 15) is 0 Å². The third-order valence-electron chi connectivity index (χ3n) is 3.15. The van der Waals surface area contributed by atoms with Gasteiger partial charge in [0, 0.05) is 5.25 Å². The molecule has 0 heterocycles. The standard InChI is InChI=1S/C16H14S/c17-16-9-8-14-10-13(6-7-15(14)11-16)12-4-2-1-3-5-12/h1-8,10-11,16-17H,9H2. The van der Waals surface area contributed by atoms with Gasteiger partial charge in [0.15, 0.2) is 0 Å². The second-order valence-corrected chi connectivity index (χ2v) is 5.05. The van der Waals surface area contributed by atoms with Gasteiger partial charge in [0.05, 0.1) is 0 Å². The molecule has 0 spiro atoms. The maximum atomic E-state index is 4.50. The van der Waals surface area contributed by atoms with Crippen LogP contribution in [0.5, 0.6) is 0 Å². The zero-order valence-electron chi connectivity index (χ0n) is 9.51. The zero-order chi connectivity index (χ0) is 11.7. The van der Waals surface area contributed by atoms with E-state index in [1.165, 1.54) is 21.6 Å². The SMILES string of the molecule is SC1C=c2ccc(-c3ccccc3)cc2=CC1. The first-order chi connectivity index (χ1) is 8.33. The van der Waals surface area contributed by atoms with Crippen LogP contribution in [0.15, 0.2) is 48.5 Å². The van der Waals surface area contributed by atoms with Crippen LogP contribution in [-0.4, -0.2) is 5.25 Å². The van der Waals surface area contributed by atoms with Gasteiger partial charge in [-0.15, -0.1) is 0 Å². The minimum Gasteiger partial charge on any atom is -0.171 e. The Morgan fingerprint density at radius 3 is 2.53 bits per heavy atom. The van der Waals surface area contributed by atoms with Crippen LogP contribution in [0.25, 0.3) is 23.3 Å². The van der Waals surface area contributed by atoms with E-state index in [1.54, 1.807) is 0 Å². The normalized spacial score (nSPS) is 17.8. The van der Waals surface area contributed by atoms with Crippen molar-refractivity contribution in [2.75, 3.05) is 0 Å². The van der Waals surface area contributed by atoms with Gasteiger partial charge in [0.25, 0.3) is 0 Å². The summed E-state index contributed by atoms with van der Waals surface area (Å²) in [7, 11) is 0. The maximum absolute atomic E-state index is 4.50. The Hall–Kier alpha value is -1.47. The Morgan fingerprint density at radius 2 is 1.71 bits per heavy atom. The predicted molar refractivity (Wildman–Crippen MR) is 77.4 cm³/mol. The summed E-state index contributed by atoms with van der Waals surface area (Å²) in [6.45, 7) is 0. The van der Waals surface area contributed by atoms with Gasteiger partial charge in [0.1, 0.15) is 0 Å². The fourth-order valence-corrected chi connectivity index (χ4v) is 2.50. The molecule has 0 aliphatic heterocycles. The molecule has 1 aliphatic rings. The van der Waals surface area contributed by atoms with Crippen LogP contribution in [0.1, 0.15) is 6.42 Å². The van der Waals surface area contributed by atoms with Crippen LogP contribution < -0.4 is 10.4 Å². The first kappa shape index (κ1) is 10.7. The van der Waals surface area contributed by atoms with Crippen molar-refractivity contribution < 1.29 is 0 Å². The second kappa shape index (κ2) is 4.42. The summed E-state index contributed by atoms with van der Waals surface area (Å²) in [5.74, 6) is 0. The van der Waals surface area contributed by atoms with Crippen LogP contribution in [0.4, 0.5) is 0 Å². The van der Waals surface area contributed by atoms with Gasteiger partial charge in [-0.1, -0.05) is 54.6 Å². The lowest BCUT2D eigenvalue weighted by Crippen LogP contribution is -2.29. The predicted octanol–water partition coefficient (Wildman–Crippen LogP) is 2.62. The minimum atomic E-state index is 0.366. The highest BCUT2D eigenvalue weighted by Gasteiger charge is 2.03. The van der Waals surface area contributed by atoms with E-state index < -0.39 is 0 Å². The van der Waals surface area contributed by atoms with Gasteiger partial charge in [-0.2, -0.15) is 12.6 Å². The fourth-order valence-electron chi connectivity index (χ4n) is 2.24. The van der Waals surface area contributed by atoms with Gasteiger partial charge >= 0.3 is 0 Å². The van der Waals surface area contributed by atoms with E-state index in [0.717, 1.165) is 6.42 Å². The largest absolute Gasteiger partial charge is 0.171 e. The van der Waals surface area contributed by atoms with E-state index in [0.29, 0.717) is 5.25 Å².